The fraction of sp³-hybridized carbons (Fsp3) is 0.529. The molecular formula is C17H26FN3O3. The van der Waals surface area contributed by atoms with Crippen LogP contribution in [0, 0.1) is 11.7 Å². The van der Waals surface area contributed by atoms with Crippen LogP contribution in [0.3, 0.4) is 0 Å². The minimum Gasteiger partial charge on any atom is -0.383 e. The van der Waals surface area contributed by atoms with Crippen LogP contribution in [0.25, 0.3) is 0 Å². The molecule has 0 heterocycles. The van der Waals surface area contributed by atoms with Gasteiger partial charge in [0.2, 0.25) is 5.91 Å². The summed E-state index contributed by atoms with van der Waals surface area (Å²) in [6.07, 6.45) is 0. The summed E-state index contributed by atoms with van der Waals surface area (Å²) in [6, 6.07) is 4.55. The highest BCUT2D eigenvalue weighted by Gasteiger charge is 2.24. The van der Waals surface area contributed by atoms with Crippen molar-refractivity contribution in [3.05, 3.63) is 35.6 Å². The maximum atomic E-state index is 12.9. The van der Waals surface area contributed by atoms with Gasteiger partial charge in [0.05, 0.1) is 6.61 Å². The van der Waals surface area contributed by atoms with Crippen molar-refractivity contribution < 1.29 is 18.7 Å². The minimum atomic E-state index is -0.651. The molecule has 1 atom stereocenters. The molecular weight excluding hydrogens is 313 g/mol. The van der Waals surface area contributed by atoms with Gasteiger partial charge in [0.15, 0.2) is 0 Å². The molecule has 6 nitrogen and oxygen atoms in total. The molecule has 0 fully saturated rings. The van der Waals surface area contributed by atoms with Gasteiger partial charge < -0.3 is 20.7 Å². The van der Waals surface area contributed by atoms with E-state index in [9.17, 15) is 14.0 Å². The fourth-order valence-corrected chi connectivity index (χ4v) is 2.04. The summed E-state index contributed by atoms with van der Waals surface area (Å²) in [5.74, 6) is -1.13. The topological polar surface area (TPSA) is 79.5 Å². The highest BCUT2D eigenvalue weighted by Crippen LogP contribution is 2.06. The third-order valence-corrected chi connectivity index (χ3v) is 3.43. The van der Waals surface area contributed by atoms with E-state index < -0.39 is 17.8 Å². The molecule has 0 saturated heterocycles. The Bertz CT molecular complexity index is 520. The van der Waals surface area contributed by atoms with E-state index in [4.69, 9.17) is 4.74 Å². The van der Waals surface area contributed by atoms with E-state index in [-0.39, 0.29) is 11.8 Å². The number of halogens is 1. The third-order valence-electron chi connectivity index (χ3n) is 3.43. The number of hydrogen-bond donors (Lipinski definition) is 3. The van der Waals surface area contributed by atoms with Gasteiger partial charge in [-0.25, -0.2) is 4.39 Å². The molecule has 0 saturated carbocycles. The lowest BCUT2D eigenvalue weighted by Crippen LogP contribution is -2.50. The quantitative estimate of drug-likeness (QED) is 0.554. The second-order valence-corrected chi connectivity index (χ2v) is 5.74. The zero-order valence-corrected chi connectivity index (χ0v) is 14.4. The van der Waals surface area contributed by atoms with Gasteiger partial charge in [-0.3, -0.25) is 9.59 Å². The lowest BCUT2D eigenvalue weighted by molar-refractivity contribution is -0.123. The van der Waals surface area contributed by atoms with E-state index in [0.717, 1.165) is 0 Å². The van der Waals surface area contributed by atoms with Crippen molar-refractivity contribution in [1.82, 2.24) is 16.0 Å². The lowest BCUT2D eigenvalue weighted by atomic mass is 10.0. The molecule has 0 bridgehead atoms. The molecule has 3 N–H and O–H groups in total. The van der Waals surface area contributed by atoms with Crippen LogP contribution in [0.1, 0.15) is 24.2 Å². The largest absolute Gasteiger partial charge is 0.383 e. The average Bonchev–Trinajstić information content (AvgIpc) is 2.55. The Morgan fingerprint density at radius 1 is 1.12 bits per heavy atom. The molecule has 0 spiro atoms. The third kappa shape index (κ3) is 7.06. The van der Waals surface area contributed by atoms with E-state index in [1.165, 1.54) is 24.3 Å². The van der Waals surface area contributed by atoms with Gasteiger partial charge in [0, 0.05) is 32.3 Å². The normalized spacial score (nSPS) is 12.0. The standard InChI is InChI=1S/C17H26FN3O3/c1-12(2)15(17(23)20-9-8-19-10-11-24-3)21-16(22)13-4-6-14(18)7-5-13/h4-7,12,15,19H,8-11H2,1-3H3,(H,20,23)(H,21,22). The molecule has 1 aromatic rings. The highest BCUT2D eigenvalue weighted by atomic mass is 19.1. The summed E-state index contributed by atoms with van der Waals surface area (Å²) < 4.78 is 17.8. The van der Waals surface area contributed by atoms with Crippen LogP contribution >= 0.6 is 0 Å². The van der Waals surface area contributed by atoms with Crippen molar-refractivity contribution in [2.24, 2.45) is 5.92 Å². The van der Waals surface area contributed by atoms with Crippen molar-refractivity contribution in [2.75, 3.05) is 33.4 Å². The average molecular weight is 339 g/mol. The summed E-state index contributed by atoms with van der Waals surface area (Å²) in [5, 5.41) is 8.61. The zero-order valence-electron chi connectivity index (χ0n) is 14.4. The first-order valence-electron chi connectivity index (χ1n) is 7.99. The number of nitrogens with one attached hydrogen (secondary N) is 3. The maximum absolute atomic E-state index is 12.9. The Morgan fingerprint density at radius 2 is 1.79 bits per heavy atom. The van der Waals surface area contributed by atoms with Crippen LogP contribution in [0.15, 0.2) is 24.3 Å². The van der Waals surface area contributed by atoms with Crippen LogP contribution in [-0.4, -0.2) is 51.2 Å². The lowest BCUT2D eigenvalue weighted by Gasteiger charge is -2.22. The van der Waals surface area contributed by atoms with Crippen LogP contribution in [0.2, 0.25) is 0 Å². The van der Waals surface area contributed by atoms with E-state index in [1.54, 1.807) is 7.11 Å². The monoisotopic (exact) mass is 339 g/mol. The Balaban J connectivity index is 2.49. The van der Waals surface area contributed by atoms with E-state index in [2.05, 4.69) is 16.0 Å². The Hall–Kier alpha value is -1.99. The van der Waals surface area contributed by atoms with Gasteiger partial charge in [-0.1, -0.05) is 13.8 Å². The van der Waals surface area contributed by atoms with Gasteiger partial charge in [0.25, 0.3) is 5.91 Å². The molecule has 1 aromatic carbocycles. The van der Waals surface area contributed by atoms with E-state index in [0.29, 0.717) is 31.8 Å². The predicted molar refractivity (Wildman–Crippen MR) is 90.2 cm³/mol. The van der Waals surface area contributed by atoms with Gasteiger partial charge in [-0.05, 0) is 30.2 Å². The van der Waals surface area contributed by atoms with Crippen molar-refractivity contribution in [1.29, 1.82) is 0 Å². The number of amides is 2. The first-order chi connectivity index (χ1) is 11.5. The van der Waals surface area contributed by atoms with Crippen molar-refractivity contribution >= 4 is 11.8 Å². The van der Waals surface area contributed by atoms with Crippen LogP contribution < -0.4 is 16.0 Å². The molecule has 1 unspecified atom stereocenters. The van der Waals surface area contributed by atoms with Crippen molar-refractivity contribution in [2.45, 2.75) is 19.9 Å². The van der Waals surface area contributed by atoms with E-state index in [1.807, 2.05) is 13.8 Å². The zero-order chi connectivity index (χ0) is 17.9. The Kier molecular flexibility index (Phi) is 8.96. The second kappa shape index (κ2) is 10.7. The summed E-state index contributed by atoms with van der Waals surface area (Å²) >= 11 is 0. The molecule has 0 aliphatic heterocycles. The highest BCUT2D eigenvalue weighted by molar-refractivity contribution is 5.97. The Labute approximate surface area is 142 Å². The molecule has 134 valence electrons. The fourth-order valence-electron chi connectivity index (χ4n) is 2.04. The van der Waals surface area contributed by atoms with Crippen LogP contribution in [0.4, 0.5) is 4.39 Å². The van der Waals surface area contributed by atoms with Crippen molar-refractivity contribution in [3.63, 3.8) is 0 Å². The summed E-state index contributed by atoms with van der Waals surface area (Å²) in [5.41, 5.74) is 0.316. The van der Waals surface area contributed by atoms with Gasteiger partial charge in [-0.15, -0.1) is 0 Å². The molecule has 24 heavy (non-hydrogen) atoms. The van der Waals surface area contributed by atoms with Crippen LogP contribution in [0.5, 0.6) is 0 Å². The number of methoxy groups -OCH3 is 1. The summed E-state index contributed by atoms with van der Waals surface area (Å²) in [7, 11) is 1.63. The van der Waals surface area contributed by atoms with Gasteiger partial charge in [-0.2, -0.15) is 0 Å². The molecule has 0 aliphatic carbocycles. The molecule has 0 radical (unpaired) electrons. The predicted octanol–water partition coefficient (Wildman–Crippen LogP) is 0.932. The number of hydrogen-bond acceptors (Lipinski definition) is 4. The number of rotatable bonds is 10. The smallest absolute Gasteiger partial charge is 0.251 e. The Morgan fingerprint density at radius 3 is 2.38 bits per heavy atom. The molecule has 7 heteroatoms. The van der Waals surface area contributed by atoms with Crippen LogP contribution in [-0.2, 0) is 9.53 Å². The molecule has 0 aromatic heterocycles. The SMILES string of the molecule is COCCNCCNC(=O)C(NC(=O)c1ccc(F)cc1)C(C)C. The molecule has 2 amide bonds. The van der Waals surface area contributed by atoms with Crippen molar-refractivity contribution in [3.8, 4) is 0 Å². The summed E-state index contributed by atoms with van der Waals surface area (Å²) in [4.78, 5) is 24.4. The first kappa shape index (κ1) is 20.1. The summed E-state index contributed by atoms with van der Waals surface area (Å²) in [6.45, 7) is 6.10. The number of benzene rings is 1. The molecule has 1 rings (SSSR count). The van der Waals surface area contributed by atoms with Gasteiger partial charge >= 0.3 is 0 Å². The minimum absolute atomic E-state index is 0.0733. The number of ether oxygens (including phenoxy) is 1. The maximum Gasteiger partial charge on any atom is 0.251 e. The van der Waals surface area contributed by atoms with Gasteiger partial charge in [0.1, 0.15) is 11.9 Å². The number of carbonyl (C=O) groups is 2. The first-order valence-corrected chi connectivity index (χ1v) is 7.99. The molecule has 0 aliphatic rings. The van der Waals surface area contributed by atoms with E-state index >= 15 is 0 Å². The second-order valence-electron chi connectivity index (χ2n) is 5.74. The number of carbonyl (C=O) groups excluding carboxylic acids is 2.